The van der Waals surface area contributed by atoms with Gasteiger partial charge in [0.25, 0.3) is 5.91 Å². The van der Waals surface area contributed by atoms with E-state index in [1.807, 2.05) is 24.3 Å². The number of hydrogen-bond donors (Lipinski definition) is 2. The SMILES string of the molecule is O=C(NC1CCCCCC1)c1ccc(CNC(=O)C23CC4CC(CC(C4)C2)C3)cc1. The molecule has 4 heteroatoms. The Kier molecular flexibility index (Phi) is 5.59. The van der Waals surface area contributed by atoms with Gasteiger partial charge in [0.05, 0.1) is 0 Å². The van der Waals surface area contributed by atoms with Crippen LogP contribution >= 0.6 is 0 Å². The zero-order valence-corrected chi connectivity index (χ0v) is 18.1. The van der Waals surface area contributed by atoms with Crippen LogP contribution in [0.4, 0.5) is 0 Å². The molecule has 4 nitrogen and oxygen atoms in total. The van der Waals surface area contributed by atoms with E-state index in [4.69, 9.17) is 0 Å². The predicted molar refractivity (Wildman–Crippen MR) is 118 cm³/mol. The lowest BCUT2D eigenvalue weighted by Crippen LogP contribution is -2.53. The third-order valence-corrected chi connectivity index (χ3v) is 8.38. The molecule has 5 fully saturated rings. The summed E-state index contributed by atoms with van der Waals surface area (Å²) in [4.78, 5) is 25.7. The van der Waals surface area contributed by atoms with Crippen LogP contribution in [0.3, 0.4) is 0 Å². The van der Waals surface area contributed by atoms with E-state index in [1.54, 1.807) is 0 Å². The van der Waals surface area contributed by atoms with Gasteiger partial charge >= 0.3 is 0 Å². The fraction of sp³-hybridized carbons (Fsp3) is 0.692. The molecule has 0 aromatic heterocycles. The highest BCUT2D eigenvalue weighted by Gasteiger charge is 2.54. The van der Waals surface area contributed by atoms with Crippen LogP contribution in [0.5, 0.6) is 0 Å². The Bertz CT molecular complexity index is 741. The van der Waals surface area contributed by atoms with Crippen molar-refractivity contribution in [1.29, 1.82) is 0 Å². The van der Waals surface area contributed by atoms with E-state index in [1.165, 1.54) is 44.9 Å². The molecule has 30 heavy (non-hydrogen) atoms. The maximum absolute atomic E-state index is 13.1. The third-order valence-electron chi connectivity index (χ3n) is 8.38. The number of hydrogen-bond acceptors (Lipinski definition) is 2. The third kappa shape index (κ3) is 4.15. The van der Waals surface area contributed by atoms with Crippen LogP contribution in [-0.2, 0) is 11.3 Å². The lowest BCUT2D eigenvalue weighted by Gasteiger charge is -2.55. The van der Waals surface area contributed by atoms with Crippen LogP contribution in [0.2, 0.25) is 0 Å². The van der Waals surface area contributed by atoms with Gasteiger partial charge in [-0.15, -0.1) is 0 Å². The first-order valence-electron chi connectivity index (χ1n) is 12.3. The number of rotatable bonds is 5. The average molecular weight is 409 g/mol. The zero-order chi connectivity index (χ0) is 20.6. The maximum atomic E-state index is 13.1. The van der Waals surface area contributed by atoms with Gasteiger partial charge in [0.1, 0.15) is 0 Å². The lowest BCUT2D eigenvalue weighted by atomic mass is 9.49. The molecule has 2 N–H and O–H groups in total. The molecule has 0 unspecified atom stereocenters. The minimum Gasteiger partial charge on any atom is -0.352 e. The fourth-order valence-corrected chi connectivity index (χ4v) is 7.22. The monoisotopic (exact) mass is 408 g/mol. The van der Waals surface area contributed by atoms with Gasteiger partial charge < -0.3 is 10.6 Å². The van der Waals surface area contributed by atoms with Crippen molar-refractivity contribution in [3.63, 3.8) is 0 Å². The Labute approximate surface area is 180 Å². The highest BCUT2D eigenvalue weighted by atomic mass is 16.2. The molecule has 1 aromatic carbocycles. The van der Waals surface area contributed by atoms with E-state index in [2.05, 4.69) is 10.6 Å². The van der Waals surface area contributed by atoms with Crippen LogP contribution in [0.15, 0.2) is 24.3 Å². The molecular formula is C26H36N2O2. The van der Waals surface area contributed by atoms with E-state index in [0.29, 0.717) is 12.6 Å². The summed E-state index contributed by atoms with van der Waals surface area (Å²) in [5, 5.41) is 6.45. The van der Waals surface area contributed by atoms with Crippen molar-refractivity contribution in [2.24, 2.45) is 23.2 Å². The Morgan fingerprint density at radius 3 is 1.97 bits per heavy atom. The molecule has 5 saturated carbocycles. The topological polar surface area (TPSA) is 58.2 Å². The summed E-state index contributed by atoms with van der Waals surface area (Å²) >= 11 is 0. The normalized spacial score (nSPS) is 33.1. The summed E-state index contributed by atoms with van der Waals surface area (Å²) in [5.41, 5.74) is 1.70. The van der Waals surface area contributed by atoms with Gasteiger partial charge in [0, 0.05) is 23.6 Å². The van der Waals surface area contributed by atoms with E-state index in [-0.39, 0.29) is 17.2 Å². The molecule has 0 spiro atoms. The molecular weight excluding hydrogens is 372 g/mol. The van der Waals surface area contributed by atoms with Gasteiger partial charge in [-0.1, -0.05) is 37.8 Å². The summed E-state index contributed by atoms with van der Waals surface area (Å²) in [6.07, 6.45) is 14.6. The van der Waals surface area contributed by atoms with Gasteiger partial charge in [-0.2, -0.15) is 0 Å². The minimum absolute atomic E-state index is 0.0334. The number of carbonyl (C=O) groups is 2. The standard InChI is InChI=1S/C26H36N2O2/c29-24(28-23-5-3-1-2-4-6-23)22-9-7-18(8-10-22)17-27-25(30)26-14-19-11-20(15-26)13-21(12-19)16-26/h7-10,19-21,23H,1-6,11-17H2,(H,27,30)(H,28,29). The van der Waals surface area contributed by atoms with Gasteiger partial charge in [0.15, 0.2) is 0 Å². The molecule has 5 aliphatic carbocycles. The number of benzene rings is 1. The van der Waals surface area contributed by atoms with E-state index in [9.17, 15) is 9.59 Å². The smallest absolute Gasteiger partial charge is 0.251 e. The van der Waals surface area contributed by atoms with Gasteiger partial charge in [-0.05, 0) is 86.8 Å². The summed E-state index contributed by atoms with van der Waals surface area (Å²) in [6, 6.07) is 8.10. The second-order valence-electron chi connectivity index (χ2n) is 10.7. The largest absolute Gasteiger partial charge is 0.352 e. The molecule has 2 amide bonds. The molecule has 4 bridgehead atoms. The van der Waals surface area contributed by atoms with Gasteiger partial charge in [-0.3, -0.25) is 9.59 Å². The summed E-state index contributed by atoms with van der Waals surface area (Å²) in [5.74, 6) is 2.66. The van der Waals surface area contributed by atoms with Crippen molar-refractivity contribution in [2.45, 2.75) is 89.6 Å². The van der Waals surface area contributed by atoms with Gasteiger partial charge in [-0.25, -0.2) is 0 Å². The fourth-order valence-electron chi connectivity index (χ4n) is 7.22. The maximum Gasteiger partial charge on any atom is 0.251 e. The molecule has 5 aliphatic rings. The summed E-state index contributed by atoms with van der Waals surface area (Å²) < 4.78 is 0. The molecule has 0 aliphatic heterocycles. The Hall–Kier alpha value is -1.84. The first-order chi connectivity index (χ1) is 14.6. The van der Waals surface area contributed by atoms with Crippen LogP contribution in [0, 0.1) is 23.2 Å². The van der Waals surface area contributed by atoms with Crippen LogP contribution in [-0.4, -0.2) is 17.9 Å². The minimum atomic E-state index is -0.0900. The van der Waals surface area contributed by atoms with E-state index < -0.39 is 0 Å². The quantitative estimate of drug-likeness (QED) is 0.676. The van der Waals surface area contributed by atoms with Crippen molar-refractivity contribution < 1.29 is 9.59 Å². The summed E-state index contributed by atoms with van der Waals surface area (Å²) in [6.45, 7) is 0.561. The van der Waals surface area contributed by atoms with E-state index >= 15 is 0 Å². The Morgan fingerprint density at radius 1 is 0.833 bits per heavy atom. The lowest BCUT2D eigenvalue weighted by molar-refractivity contribution is -0.146. The Balaban J connectivity index is 1.15. The first kappa shape index (κ1) is 20.1. The highest BCUT2D eigenvalue weighted by molar-refractivity contribution is 5.94. The van der Waals surface area contributed by atoms with E-state index in [0.717, 1.165) is 61.0 Å². The average Bonchev–Trinajstić information content (AvgIpc) is 3.00. The summed E-state index contributed by atoms with van der Waals surface area (Å²) in [7, 11) is 0. The first-order valence-corrected chi connectivity index (χ1v) is 12.3. The predicted octanol–water partition coefficient (Wildman–Crippen LogP) is 4.97. The van der Waals surface area contributed by atoms with Gasteiger partial charge in [0.2, 0.25) is 5.91 Å². The zero-order valence-electron chi connectivity index (χ0n) is 18.1. The number of nitrogens with one attached hydrogen (secondary N) is 2. The van der Waals surface area contributed by atoms with Crippen molar-refractivity contribution in [2.75, 3.05) is 0 Å². The molecule has 0 radical (unpaired) electrons. The molecule has 0 saturated heterocycles. The van der Waals surface area contributed by atoms with Crippen molar-refractivity contribution in [3.05, 3.63) is 35.4 Å². The molecule has 0 heterocycles. The Morgan fingerprint density at radius 2 is 1.40 bits per heavy atom. The molecule has 0 atom stereocenters. The molecule has 162 valence electrons. The second kappa shape index (κ2) is 8.36. The highest BCUT2D eigenvalue weighted by Crippen LogP contribution is 2.60. The van der Waals surface area contributed by atoms with Crippen molar-refractivity contribution >= 4 is 11.8 Å². The van der Waals surface area contributed by atoms with Crippen molar-refractivity contribution in [1.82, 2.24) is 10.6 Å². The van der Waals surface area contributed by atoms with Crippen LogP contribution in [0.25, 0.3) is 0 Å². The number of amides is 2. The van der Waals surface area contributed by atoms with Crippen LogP contribution in [0.1, 0.15) is 93.0 Å². The second-order valence-corrected chi connectivity index (χ2v) is 10.7. The molecule has 1 aromatic rings. The van der Waals surface area contributed by atoms with Crippen molar-refractivity contribution in [3.8, 4) is 0 Å². The number of carbonyl (C=O) groups excluding carboxylic acids is 2. The van der Waals surface area contributed by atoms with Crippen LogP contribution < -0.4 is 10.6 Å². The molecule has 6 rings (SSSR count).